The minimum atomic E-state index is 0.105. The highest BCUT2D eigenvalue weighted by Gasteiger charge is 1.96. The standard InChI is InChI=1S/C13H21N3O2/c1-2-17-6-7-18-10-12-5-3-4-11(8-12)9-16-13(14)15/h3-5,8H,2,6-7,9-10H2,1H3,(H4,14,15,16). The number of nitrogens with zero attached hydrogens (tertiary/aromatic N) is 1. The predicted octanol–water partition coefficient (Wildman–Crippen LogP) is 1.01. The van der Waals surface area contributed by atoms with Crippen molar-refractivity contribution in [2.45, 2.75) is 20.1 Å². The Kier molecular flexibility index (Phi) is 6.83. The molecule has 0 spiro atoms. The summed E-state index contributed by atoms with van der Waals surface area (Å²) in [6, 6.07) is 8.00. The van der Waals surface area contributed by atoms with Crippen LogP contribution in [0.5, 0.6) is 0 Å². The summed E-state index contributed by atoms with van der Waals surface area (Å²) in [6.45, 7) is 4.98. The zero-order valence-electron chi connectivity index (χ0n) is 10.8. The minimum Gasteiger partial charge on any atom is -0.379 e. The summed E-state index contributed by atoms with van der Waals surface area (Å²) in [4.78, 5) is 3.97. The number of rotatable bonds is 8. The van der Waals surface area contributed by atoms with E-state index in [1.54, 1.807) is 0 Å². The van der Waals surface area contributed by atoms with Crippen LogP contribution in [0, 0.1) is 0 Å². The van der Waals surface area contributed by atoms with E-state index in [9.17, 15) is 0 Å². The molecular formula is C13H21N3O2. The smallest absolute Gasteiger partial charge is 0.186 e. The van der Waals surface area contributed by atoms with E-state index in [4.69, 9.17) is 20.9 Å². The van der Waals surface area contributed by atoms with Crippen LogP contribution in [0.25, 0.3) is 0 Å². The molecule has 0 fully saturated rings. The van der Waals surface area contributed by atoms with E-state index in [2.05, 4.69) is 4.99 Å². The van der Waals surface area contributed by atoms with Crippen LogP contribution in [0.2, 0.25) is 0 Å². The monoisotopic (exact) mass is 251 g/mol. The second kappa shape index (κ2) is 8.49. The molecule has 5 nitrogen and oxygen atoms in total. The van der Waals surface area contributed by atoms with Crippen molar-refractivity contribution in [3.8, 4) is 0 Å². The number of aliphatic imine (C=N–C) groups is 1. The zero-order valence-corrected chi connectivity index (χ0v) is 10.8. The fraction of sp³-hybridized carbons (Fsp3) is 0.462. The molecule has 0 aliphatic carbocycles. The third kappa shape index (κ3) is 6.22. The lowest BCUT2D eigenvalue weighted by Crippen LogP contribution is -2.22. The van der Waals surface area contributed by atoms with Crippen LogP contribution in [-0.2, 0) is 22.6 Å². The highest BCUT2D eigenvalue weighted by molar-refractivity contribution is 5.75. The Morgan fingerprint density at radius 3 is 2.61 bits per heavy atom. The van der Waals surface area contributed by atoms with Crippen LogP contribution in [0.4, 0.5) is 0 Å². The number of guanidine groups is 1. The average molecular weight is 251 g/mol. The molecule has 0 atom stereocenters. The van der Waals surface area contributed by atoms with Gasteiger partial charge < -0.3 is 20.9 Å². The molecular weight excluding hydrogens is 230 g/mol. The van der Waals surface area contributed by atoms with Gasteiger partial charge in [-0.15, -0.1) is 0 Å². The lowest BCUT2D eigenvalue weighted by atomic mass is 10.1. The molecule has 0 saturated heterocycles. The van der Waals surface area contributed by atoms with E-state index in [1.807, 2.05) is 31.2 Å². The van der Waals surface area contributed by atoms with Gasteiger partial charge in [0.15, 0.2) is 5.96 Å². The quantitative estimate of drug-likeness (QED) is 0.410. The van der Waals surface area contributed by atoms with Gasteiger partial charge in [-0.1, -0.05) is 24.3 Å². The molecule has 0 unspecified atom stereocenters. The zero-order chi connectivity index (χ0) is 13.2. The lowest BCUT2D eigenvalue weighted by molar-refractivity contribution is 0.0453. The first-order valence-corrected chi connectivity index (χ1v) is 6.01. The summed E-state index contributed by atoms with van der Waals surface area (Å²) in [5, 5.41) is 0. The SMILES string of the molecule is CCOCCOCc1cccc(CN=C(N)N)c1. The molecule has 0 saturated carbocycles. The van der Waals surface area contributed by atoms with E-state index in [0.717, 1.165) is 17.7 Å². The van der Waals surface area contributed by atoms with Crippen LogP contribution < -0.4 is 11.5 Å². The summed E-state index contributed by atoms with van der Waals surface area (Å²) in [5.74, 6) is 0.105. The maximum absolute atomic E-state index is 5.49. The van der Waals surface area contributed by atoms with Crippen molar-refractivity contribution >= 4 is 5.96 Å². The summed E-state index contributed by atoms with van der Waals surface area (Å²) in [7, 11) is 0. The maximum atomic E-state index is 5.49. The number of hydrogen-bond donors (Lipinski definition) is 2. The van der Waals surface area contributed by atoms with Gasteiger partial charge in [-0.2, -0.15) is 0 Å². The van der Waals surface area contributed by atoms with Gasteiger partial charge in [0.25, 0.3) is 0 Å². The molecule has 0 bridgehead atoms. The van der Waals surface area contributed by atoms with Crippen molar-refractivity contribution in [1.29, 1.82) is 0 Å². The summed E-state index contributed by atoms with van der Waals surface area (Å²) in [5.41, 5.74) is 12.8. The van der Waals surface area contributed by atoms with Gasteiger partial charge in [0, 0.05) is 6.61 Å². The molecule has 0 radical (unpaired) electrons. The highest BCUT2D eigenvalue weighted by atomic mass is 16.5. The van der Waals surface area contributed by atoms with Crippen LogP contribution in [0.1, 0.15) is 18.1 Å². The Labute approximate surface area is 108 Å². The Hall–Kier alpha value is -1.59. The van der Waals surface area contributed by atoms with Crippen molar-refractivity contribution in [3.05, 3.63) is 35.4 Å². The van der Waals surface area contributed by atoms with E-state index in [-0.39, 0.29) is 5.96 Å². The van der Waals surface area contributed by atoms with E-state index >= 15 is 0 Å². The largest absolute Gasteiger partial charge is 0.379 e. The Morgan fingerprint density at radius 1 is 1.17 bits per heavy atom. The summed E-state index contributed by atoms with van der Waals surface area (Å²) in [6.07, 6.45) is 0. The number of ether oxygens (including phenoxy) is 2. The Bertz CT molecular complexity index is 376. The molecule has 0 aliphatic rings. The Morgan fingerprint density at radius 2 is 1.89 bits per heavy atom. The molecule has 1 aromatic rings. The van der Waals surface area contributed by atoms with Crippen molar-refractivity contribution < 1.29 is 9.47 Å². The Balaban J connectivity index is 2.37. The van der Waals surface area contributed by atoms with Crippen LogP contribution in [-0.4, -0.2) is 25.8 Å². The van der Waals surface area contributed by atoms with Crippen molar-refractivity contribution in [1.82, 2.24) is 0 Å². The predicted molar refractivity (Wildman–Crippen MR) is 72.1 cm³/mol. The molecule has 18 heavy (non-hydrogen) atoms. The number of benzene rings is 1. The lowest BCUT2D eigenvalue weighted by Gasteiger charge is -2.06. The topological polar surface area (TPSA) is 82.9 Å². The third-order valence-electron chi connectivity index (χ3n) is 2.28. The van der Waals surface area contributed by atoms with E-state index in [1.165, 1.54) is 0 Å². The first kappa shape index (κ1) is 14.5. The van der Waals surface area contributed by atoms with Gasteiger partial charge in [0.05, 0.1) is 26.4 Å². The fourth-order valence-corrected chi connectivity index (χ4v) is 1.45. The molecule has 4 N–H and O–H groups in total. The fourth-order valence-electron chi connectivity index (χ4n) is 1.45. The summed E-state index contributed by atoms with van der Waals surface area (Å²) >= 11 is 0. The van der Waals surface area contributed by atoms with E-state index in [0.29, 0.717) is 26.4 Å². The molecule has 0 heterocycles. The van der Waals surface area contributed by atoms with Gasteiger partial charge in [-0.05, 0) is 18.1 Å². The van der Waals surface area contributed by atoms with Crippen molar-refractivity contribution in [3.63, 3.8) is 0 Å². The second-order valence-electron chi connectivity index (χ2n) is 3.81. The number of nitrogens with two attached hydrogens (primary N) is 2. The van der Waals surface area contributed by atoms with Crippen LogP contribution in [0.15, 0.2) is 29.3 Å². The van der Waals surface area contributed by atoms with Crippen LogP contribution in [0.3, 0.4) is 0 Å². The van der Waals surface area contributed by atoms with Gasteiger partial charge >= 0.3 is 0 Å². The maximum Gasteiger partial charge on any atom is 0.186 e. The average Bonchev–Trinajstić information content (AvgIpc) is 2.37. The number of hydrogen-bond acceptors (Lipinski definition) is 3. The van der Waals surface area contributed by atoms with Gasteiger partial charge in [-0.25, -0.2) is 4.99 Å². The molecule has 5 heteroatoms. The first-order chi connectivity index (χ1) is 8.72. The molecule has 0 aromatic heterocycles. The van der Waals surface area contributed by atoms with Crippen molar-refractivity contribution in [2.75, 3.05) is 19.8 Å². The molecule has 100 valence electrons. The van der Waals surface area contributed by atoms with Gasteiger partial charge in [-0.3, -0.25) is 0 Å². The molecule has 0 aliphatic heterocycles. The van der Waals surface area contributed by atoms with Gasteiger partial charge in [0.1, 0.15) is 0 Å². The van der Waals surface area contributed by atoms with E-state index < -0.39 is 0 Å². The van der Waals surface area contributed by atoms with Crippen molar-refractivity contribution in [2.24, 2.45) is 16.5 Å². The van der Waals surface area contributed by atoms with Gasteiger partial charge in [0.2, 0.25) is 0 Å². The second-order valence-corrected chi connectivity index (χ2v) is 3.81. The third-order valence-corrected chi connectivity index (χ3v) is 2.28. The first-order valence-electron chi connectivity index (χ1n) is 6.01. The molecule has 1 aromatic carbocycles. The highest BCUT2D eigenvalue weighted by Crippen LogP contribution is 2.07. The normalized spacial score (nSPS) is 10.3. The molecule has 1 rings (SSSR count). The summed E-state index contributed by atoms with van der Waals surface area (Å²) < 4.78 is 10.7. The van der Waals surface area contributed by atoms with Crippen LogP contribution >= 0.6 is 0 Å². The minimum absolute atomic E-state index is 0.105. The molecule has 0 amide bonds.